The zero-order chi connectivity index (χ0) is 13.5. The molecule has 2 aromatic rings. The molecule has 0 aromatic carbocycles. The fraction of sp³-hybridized carbons (Fsp3) is 0.429. The van der Waals surface area contributed by atoms with E-state index in [2.05, 4.69) is 15.3 Å². The van der Waals surface area contributed by atoms with Gasteiger partial charge in [-0.05, 0) is 12.5 Å². The number of carbonyl (C=O) groups excluding carboxylic acids is 1. The SMILES string of the molecule is CC.CCC(C)C(=O)Nc1cc2[nH]ccc2cn1. The molecule has 0 fully saturated rings. The number of hydrogen-bond donors (Lipinski definition) is 2. The van der Waals surface area contributed by atoms with E-state index in [0.717, 1.165) is 17.3 Å². The summed E-state index contributed by atoms with van der Waals surface area (Å²) in [5, 5.41) is 3.85. The van der Waals surface area contributed by atoms with E-state index in [1.54, 1.807) is 6.20 Å². The molecule has 2 aromatic heterocycles. The number of nitrogens with one attached hydrogen (secondary N) is 2. The second kappa shape index (κ2) is 6.79. The Morgan fingerprint density at radius 2 is 2.22 bits per heavy atom. The Morgan fingerprint density at radius 1 is 1.50 bits per heavy atom. The van der Waals surface area contributed by atoms with Crippen molar-refractivity contribution in [2.45, 2.75) is 34.1 Å². The van der Waals surface area contributed by atoms with Crippen LogP contribution in [-0.4, -0.2) is 15.9 Å². The van der Waals surface area contributed by atoms with Crippen molar-refractivity contribution in [3.63, 3.8) is 0 Å². The number of H-pyrrole nitrogens is 1. The molecule has 4 heteroatoms. The summed E-state index contributed by atoms with van der Waals surface area (Å²) in [6, 6.07) is 3.79. The van der Waals surface area contributed by atoms with E-state index >= 15 is 0 Å². The minimum atomic E-state index is 0.0147. The van der Waals surface area contributed by atoms with Crippen molar-refractivity contribution in [2.24, 2.45) is 5.92 Å². The van der Waals surface area contributed by atoms with Crippen molar-refractivity contribution < 1.29 is 4.79 Å². The fourth-order valence-electron chi connectivity index (χ4n) is 1.45. The van der Waals surface area contributed by atoms with Crippen molar-refractivity contribution in [3.8, 4) is 0 Å². The first-order valence-electron chi connectivity index (χ1n) is 6.44. The van der Waals surface area contributed by atoms with Crippen LogP contribution in [0.5, 0.6) is 0 Å². The number of pyridine rings is 1. The maximum Gasteiger partial charge on any atom is 0.228 e. The second-order valence-corrected chi connectivity index (χ2v) is 3.93. The highest BCUT2D eigenvalue weighted by Gasteiger charge is 2.11. The third-order valence-corrected chi connectivity index (χ3v) is 2.75. The van der Waals surface area contributed by atoms with Crippen LogP contribution in [0.1, 0.15) is 34.1 Å². The Morgan fingerprint density at radius 3 is 2.89 bits per heavy atom. The van der Waals surface area contributed by atoms with Crippen LogP contribution in [0.2, 0.25) is 0 Å². The lowest BCUT2D eigenvalue weighted by Crippen LogP contribution is -2.20. The van der Waals surface area contributed by atoms with Gasteiger partial charge in [-0.2, -0.15) is 0 Å². The van der Waals surface area contributed by atoms with Gasteiger partial charge in [0.15, 0.2) is 0 Å². The minimum absolute atomic E-state index is 0.0147. The van der Waals surface area contributed by atoms with E-state index in [0.29, 0.717) is 5.82 Å². The molecule has 18 heavy (non-hydrogen) atoms. The molecule has 0 aliphatic heterocycles. The average molecular weight is 247 g/mol. The summed E-state index contributed by atoms with van der Waals surface area (Å²) in [4.78, 5) is 18.9. The van der Waals surface area contributed by atoms with E-state index in [1.165, 1.54) is 0 Å². The van der Waals surface area contributed by atoms with Gasteiger partial charge in [-0.25, -0.2) is 4.98 Å². The highest BCUT2D eigenvalue weighted by molar-refractivity contribution is 5.93. The highest BCUT2D eigenvalue weighted by Crippen LogP contribution is 2.15. The Balaban J connectivity index is 0.000000771. The molecule has 1 atom stereocenters. The molecule has 0 saturated carbocycles. The van der Waals surface area contributed by atoms with Gasteiger partial charge in [0.1, 0.15) is 5.82 Å². The summed E-state index contributed by atoms with van der Waals surface area (Å²) in [5.41, 5.74) is 0.981. The zero-order valence-electron chi connectivity index (χ0n) is 11.4. The molecule has 98 valence electrons. The molecular formula is C14H21N3O. The molecular weight excluding hydrogens is 226 g/mol. The number of fused-ring (bicyclic) bond motifs is 1. The Hall–Kier alpha value is -1.84. The lowest BCUT2D eigenvalue weighted by molar-refractivity contribution is -0.119. The van der Waals surface area contributed by atoms with Crippen LogP contribution in [0.25, 0.3) is 10.9 Å². The number of aromatic nitrogens is 2. The number of amides is 1. The van der Waals surface area contributed by atoms with Crippen molar-refractivity contribution in [3.05, 3.63) is 24.5 Å². The third-order valence-electron chi connectivity index (χ3n) is 2.75. The van der Waals surface area contributed by atoms with E-state index in [1.807, 2.05) is 46.0 Å². The van der Waals surface area contributed by atoms with E-state index < -0.39 is 0 Å². The lowest BCUT2D eigenvalue weighted by atomic mass is 10.1. The van der Waals surface area contributed by atoms with Gasteiger partial charge in [0.25, 0.3) is 0 Å². The summed E-state index contributed by atoms with van der Waals surface area (Å²) in [5.74, 6) is 0.627. The molecule has 1 amide bonds. The van der Waals surface area contributed by atoms with Gasteiger partial charge in [0.05, 0.1) is 5.52 Å². The maximum atomic E-state index is 11.7. The standard InChI is InChI=1S/C12H15N3O.C2H6/c1-3-8(2)12(16)15-11-6-10-9(7-14-11)4-5-13-10;1-2/h4-8,13H,3H2,1-2H3,(H,14,15,16);1-2H3. The van der Waals surface area contributed by atoms with Gasteiger partial charge >= 0.3 is 0 Å². The summed E-state index contributed by atoms with van der Waals surface area (Å²) in [6.45, 7) is 7.90. The van der Waals surface area contributed by atoms with Gasteiger partial charge in [-0.1, -0.05) is 27.7 Å². The molecule has 0 radical (unpaired) electrons. The van der Waals surface area contributed by atoms with Crippen LogP contribution >= 0.6 is 0 Å². The van der Waals surface area contributed by atoms with Crippen molar-refractivity contribution >= 4 is 22.6 Å². The smallest absolute Gasteiger partial charge is 0.228 e. The number of rotatable bonds is 3. The summed E-state index contributed by atoms with van der Waals surface area (Å²) >= 11 is 0. The van der Waals surface area contributed by atoms with Crippen molar-refractivity contribution in [1.82, 2.24) is 9.97 Å². The van der Waals surface area contributed by atoms with Gasteiger partial charge < -0.3 is 10.3 Å². The van der Waals surface area contributed by atoms with Gasteiger partial charge in [0.2, 0.25) is 5.91 Å². The van der Waals surface area contributed by atoms with E-state index in [9.17, 15) is 4.79 Å². The Bertz CT molecular complexity index is 504. The quantitative estimate of drug-likeness (QED) is 0.871. The second-order valence-electron chi connectivity index (χ2n) is 3.93. The molecule has 0 aliphatic carbocycles. The number of aromatic amines is 1. The first-order chi connectivity index (χ1) is 8.70. The highest BCUT2D eigenvalue weighted by atomic mass is 16.1. The maximum absolute atomic E-state index is 11.7. The van der Waals surface area contributed by atoms with Gasteiger partial charge in [0, 0.05) is 29.8 Å². The third kappa shape index (κ3) is 3.32. The minimum Gasteiger partial charge on any atom is -0.361 e. The number of hydrogen-bond acceptors (Lipinski definition) is 2. The predicted molar refractivity (Wildman–Crippen MR) is 75.5 cm³/mol. The lowest BCUT2D eigenvalue weighted by Gasteiger charge is -2.08. The molecule has 2 rings (SSSR count). The first-order valence-corrected chi connectivity index (χ1v) is 6.44. The van der Waals surface area contributed by atoms with Crippen molar-refractivity contribution in [2.75, 3.05) is 5.32 Å². The van der Waals surface area contributed by atoms with E-state index in [-0.39, 0.29) is 11.8 Å². The normalized spacial score (nSPS) is 11.6. The Labute approximate surface area is 108 Å². The number of anilines is 1. The predicted octanol–water partition coefficient (Wildman–Crippen LogP) is 3.57. The Kier molecular flexibility index (Phi) is 5.36. The van der Waals surface area contributed by atoms with Crippen LogP contribution in [-0.2, 0) is 4.79 Å². The summed E-state index contributed by atoms with van der Waals surface area (Å²) in [7, 11) is 0. The topological polar surface area (TPSA) is 57.8 Å². The molecule has 0 spiro atoms. The van der Waals surface area contributed by atoms with Crippen LogP contribution in [0.15, 0.2) is 24.5 Å². The van der Waals surface area contributed by atoms with Crippen LogP contribution in [0, 0.1) is 5.92 Å². The van der Waals surface area contributed by atoms with Crippen LogP contribution in [0.3, 0.4) is 0 Å². The molecule has 4 nitrogen and oxygen atoms in total. The number of carbonyl (C=O) groups is 1. The molecule has 1 unspecified atom stereocenters. The monoisotopic (exact) mass is 247 g/mol. The van der Waals surface area contributed by atoms with Crippen LogP contribution < -0.4 is 5.32 Å². The molecule has 0 saturated heterocycles. The molecule has 0 aliphatic rings. The molecule has 2 N–H and O–H groups in total. The van der Waals surface area contributed by atoms with Crippen LogP contribution in [0.4, 0.5) is 5.82 Å². The summed E-state index contributed by atoms with van der Waals surface area (Å²) in [6.07, 6.45) is 4.43. The van der Waals surface area contributed by atoms with E-state index in [4.69, 9.17) is 0 Å². The average Bonchev–Trinajstić information content (AvgIpc) is 2.87. The summed E-state index contributed by atoms with van der Waals surface area (Å²) < 4.78 is 0. The first kappa shape index (κ1) is 14.2. The molecule has 0 bridgehead atoms. The number of nitrogens with zero attached hydrogens (tertiary/aromatic N) is 1. The van der Waals surface area contributed by atoms with Gasteiger partial charge in [-0.15, -0.1) is 0 Å². The van der Waals surface area contributed by atoms with Gasteiger partial charge in [-0.3, -0.25) is 4.79 Å². The largest absolute Gasteiger partial charge is 0.361 e. The fourth-order valence-corrected chi connectivity index (χ4v) is 1.45. The van der Waals surface area contributed by atoms with Crippen molar-refractivity contribution in [1.29, 1.82) is 0 Å². The zero-order valence-corrected chi connectivity index (χ0v) is 11.4. The molecule has 2 heterocycles.